The van der Waals surface area contributed by atoms with Crippen molar-refractivity contribution in [2.45, 2.75) is 18.6 Å². The Labute approximate surface area is 174 Å². The molecule has 29 heavy (non-hydrogen) atoms. The van der Waals surface area contributed by atoms with E-state index in [0.29, 0.717) is 23.6 Å². The molecule has 2 aromatic carbocycles. The van der Waals surface area contributed by atoms with Gasteiger partial charge in [0.05, 0.1) is 12.2 Å². The average Bonchev–Trinajstić information content (AvgIpc) is 3.43. The number of nitrogens with zero attached hydrogens (tertiary/aromatic N) is 3. The van der Waals surface area contributed by atoms with E-state index in [2.05, 4.69) is 10.2 Å². The number of ether oxygens (including phenoxy) is 1. The summed E-state index contributed by atoms with van der Waals surface area (Å²) in [6, 6.07) is 17.1. The lowest BCUT2D eigenvalue weighted by Crippen LogP contribution is -2.28. The predicted octanol–water partition coefficient (Wildman–Crippen LogP) is 4.39. The van der Waals surface area contributed by atoms with Crippen LogP contribution in [0.5, 0.6) is 5.75 Å². The molecule has 0 spiro atoms. The van der Waals surface area contributed by atoms with Crippen molar-refractivity contribution < 1.29 is 13.9 Å². The summed E-state index contributed by atoms with van der Waals surface area (Å²) in [5.41, 5.74) is 1.55. The number of para-hydroxylation sites is 1. The molecule has 2 heterocycles. The first-order valence-electron chi connectivity index (χ1n) is 9.77. The smallest absolute Gasteiger partial charge is 0.276 e. The number of hydrogen-bond acceptors (Lipinski definition) is 6. The maximum Gasteiger partial charge on any atom is 0.276 e. The fourth-order valence-corrected chi connectivity index (χ4v) is 4.29. The van der Waals surface area contributed by atoms with Crippen LogP contribution in [0.3, 0.4) is 0 Å². The lowest BCUT2D eigenvalue weighted by atomic mass is 10.1. The molecule has 1 aliphatic rings. The normalized spacial score (nSPS) is 16.2. The highest BCUT2D eigenvalue weighted by molar-refractivity contribution is 7.99. The molecule has 0 aliphatic carbocycles. The Morgan fingerprint density at radius 1 is 1.17 bits per heavy atom. The molecule has 150 valence electrons. The number of carbonyl (C=O) groups is 1. The number of amides is 1. The van der Waals surface area contributed by atoms with Crippen molar-refractivity contribution in [3.63, 3.8) is 0 Å². The predicted molar refractivity (Wildman–Crippen MR) is 112 cm³/mol. The van der Waals surface area contributed by atoms with Crippen molar-refractivity contribution in [2.24, 2.45) is 5.92 Å². The molecular formula is C22H23N3O3S. The number of rotatable bonds is 7. The Hall–Kier alpha value is -2.80. The minimum absolute atomic E-state index is 0.103. The van der Waals surface area contributed by atoms with E-state index in [4.69, 9.17) is 9.15 Å². The molecule has 6 nitrogen and oxygen atoms in total. The fourth-order valence-electron chi connectivity index (χ4n) is 3.41. The highest BCUT2D eigenvalue weighted by Crippen LogP contribution is 2.32. The van der Waals surface area contributed by atoms with Crippen molar-refractivity contribution in [1.29, 1.82) is 0 Å². The molecule has 1 atom stereocenters. The van der Waals surface area contributed by atoms with Gasteiger partial charge in [0.1, 0.15) is 5.75 Å². The maximum absolute atomic E-state index is 12.6. The minimum atomic E-state index is 0.103. The van der Waals surface area contributed by atoms with Gasteiger partial charge in [-0.25, -0.2) is 0 Å². The number of likely N-dealkylation sites (tertiary alicyclic amines) is 1. The number of aromatic nitrogens is 2. The Balaban J connectivity index is 1.34. The van der Waals surface area contributed by atoms with Crippen LogP contribution in [0.4, 0.5) is 0 Å². The van der Waals surface area contributed by atoms with Crippen LogP contribution in [-0.2, 0) is 0 Å². The standard InChI is InChI=1S/C22H23N3O3S/c1-2-27-19-11-7-6-10-18(19)20-23-24-22(28-20)29-15-16-12-13-25(14-16)21(26)17-8-4-3-5-9-17/h3-11,16H,2,12-15H2,1H3/t16-/m0/s1. The lowest BCUT2D eigenvalue weighted by molar-refractivity contribution is 0.0788. The van der Waals surface area contributed by atoms with Crippen LogP contribution in [-0.4, -0.2) is 46.5 Å². The van der Waals surface area contributed by atoms with Crippen LogP contribution in [0.2, 0.25) is 0 Å². The van der Waals surface area contributed by atoms with E-state index in [1.165, 1.54) is 0 Å². The van der Waals surface area contributed by atoms with E-state index >= 15 is 0 Å². The second kappa shape index (κ2) is 9.13. The quantitative estimate of drug-likeness (QED) is 0.539. The Kier molecular flexibility index (Phi) is 6.14. The van der Waals surface area contributed by atoms with Crippen molar-refractivity contribution in [1.82, 2.24) is 15.1 Å². The van der Waals surface area contributed by atoms with Crippen molar-refractivity contribution in [3.8, 4) is 17.2 Å². The first kappa shape index (κ1) is 19.5. The monoisotopic (exact) mass is 409 g/mol. The van der Waals surface area contributed by atoms with E-state index in [1.54, 1.807) is 11.8 Å². The zero-order valence-electron chi connectivity index (χ0n) is 16.3. The van der Waals surface area contributed by atoms with Gasteiger partial charge in [0.2, 0.25) is 0 Å². The molecule has 1 aliphatic heterocycles. The molecule has 4 rings (SSSR count). The highest BCUT2D eigenvalue weighted by Gasteiger charge is 2.27. The van der Waals surface area contributed by atoms with Crippen LogP contribution in [0, 0.1) is 5.92 Å². The minimum Gasteiger partial charge on any atom is -0.493 e. The van der Waals surface area contributed by atoms with Gasteiger partial charge < -0.3 is 14.1 Å². The lowest BCUT2D eigenvalue weighted by Gasteiger charge is -2.16. The third-order valence-corrected chi connectivity index (χ3v) is 5.91. The summed E-state index contributed by atoms with van der Waals surface area (Å²) in [4.78, 5) is 14.5. The van der Waals surface area contributed by atoms with Crippen LogP contribution in [0.25, 0.3) is 11.5 Å². The zero-order valence-corrected chi connectivity index (χ0v) is 17.1. The Morgan fingerprint density at radius 3 is 2.79 bits per heavy atom. The maximum atomic E-state index is 12.6. The fraction of sp³-hybridized carbons (Fsp3) is 0.318. The second-order valence-corrected chi connectivity index (χ2v) is 7.86. The topological polar surface area (TPSA) is 68.5 Å². The molecule has 1 amide bonds. The van der Waals surface area contributed by atoms with Crippen molar-refractivity contribution in [2.75, 3.05) is 25.4 Å². The average molecular weight is 410 g/mol. The summed E-state index contributed by atoms with van der Waals surface area (Å²) in [6.45, 7) is 4.07. The van der Waals surface area contributed by atoms with E-state index < -0.39 is 0 Å². The van der Waals surface area contributed by atoms with Crippen molar-refractivity contribution >= 4 is 17.7 Å². The van der Waals surface area contributed by atoms with Crippen LogP contribution >= 0.6 is 11.8 Å². The molecule has 1 saturated heterocycles. The molecule has 0 radical (unpaired) electrons. The second-order valence-electron chi connectivity index (χ2n) is 6.89. The van der Waals surface area contributed by atoms with Gasteiger partial charge in [-0.05, 0) is 43.5 Å². The summed E-state index contributed by atoms with van der Waals surface area (Å²) >= 11 is 1.54. The number of benzene rings is 2. The van der Waals surface area contributed by atoms with E-state index in [9.17, 15) is 4.79 Å². The van der Waals surface area contributed by atoms with Crippen molar-refractivity contribution in [3.05, 3.63) is 60.2 Å². The molecule has 7 heteroatoms. The molecule has 1 fully saturated rings. The summed E-state index contributed by atoms with van der Waals surface area (Å²) in [5.74, 6) is 2.56. The van der Waals surface area contributed by atoms with Gasteiger partial charge >= 0.3 is 0 Å². The molecule has 0 saturated carbocycles. The highest BCUT2D eigenvalue weighted by atomic mass is 32.2. The molecule has 0 N–H and O–H groups in total. The van der Waals surface area contributed by atoms with Gasteiger partial charge in [-0.3, -0.25) is 4.79 Å². The van der Waals surface area contributed by atoms with Gasteiger partial charge in [0.25, 0.3) is 17.0 Å². The summed E-state index contributed by atoms with van der Waals surface area (Å²) in [7, 11) is 0. The molecule has 1 aromatic heterocycles. The van der Waals surface area contributed by atoms with Gasteiger partial charge in [0.15, 0.2) is 0 Å². The Bertz CT molecular complexity index is 961. The largest absolute Gasteiger partial charge is 0.493 e. The van der Waals surface area contributed by atoms with Crippen LogP contribution in [0.15, 0.2) is 64.2 Å². The van der Waals surface area contributed by atoms with Gasteiger partial charge in [-0.1, -0.05) is 42.1 Å². The van der Waals surface area contributed by atoms with Gasteiger partial charge in [0, 0.05) is 24.4 Å². The van der Waals surface area contributed by atoms with Gasteiger partial charge in [-0.15, -0.1) is 10.2 Å². The SMILES string of the molecule is CCOc1ccccc1-c1nnc(SC[C@H]2CCN(C(=O)c3ccccc3)C2)o1. The van der Waals surface area contributed by atoms with Crippen LogP contribution in [0.1, 0.15) is 23.7 Å². The summed E-state index contributed by atoms with van der Waals surface area (Å²) in [5, 5.41) is 8.88. The molecule has 0 unspecified atom stereocenters. The third-order valence-electron chi connectivity index (χ3n) is 4.86. The summed E-state index contributed by atoms with van der Waals surface area (Å²) in [6.07, 6.45) is 0.986. The number of carbonyl (C=O) groups excluding carboxylic acids is 1. The van der Waals surface area contributed by atoms with E-state index in [1.807, 2.05) is 66.4 Å². The molecule has 3 aromatic rings. The number of thioether (sulfide) groups is 1. The first-order chi connectivity index (χ1) is 14.2. The zero-order chi connectivity index (χ0) is 20.1. The Morgan fingerprint density at radius 2 is 1.97 bits per heavy atom. The molecular weight excluding hydrogens is 386 g/mol. The number of hydrogen-bond donors (Lipinski definition) is 0. The summed E-state index contributed by atoms with van der Waals surface area (Å²) < 4.78 is 11.5. The van der Waals surface area contributed by atoms with Crippen LogP contribution < -0.4 is 4.74 Å². The first-order valence-corrected chi connectivity index (χ1v) is 10.8. The van der Waals surface area contributed by atoms with Gasteiger partial charge in [-0.2, -0.15) is 0 Å². The van der Waals surface area contributed by atoms with E-state index in [0.717, 1.165) is 42.1 Å². The molecule has 0 bridgehead atoms. The van der Waals surface area contributed by atoms with E-state index in [-0.39, 0.29) is 5.91 Å². The third kappa shape index (κ3) is 4.62.